The summed E-state index contributed by atoms with van der Waals surface area (Å²) in [6.07, 6.45) is 2.23. The Morgan fingerprint density at radius 2 is 1.64 bits per heavy atom. The summed E-state index contributed by atoms with van der Waals surface area (Å²) in [5, 5.41) is 2.90. The number of hydrogen-bond donors (Lipinski definition) is 1. The molecule has 148 valence electrons. The first-order valence-electron chi connectivity index (χ1n) is 9.60. The highest BCUT2D eigenvalue weighted by atomic mass is 19.2. The maximum atomic E-state index is 13.5. The number of carbonyl (C=O) groups is 1. The molecule has 28 heavy (non-hydrogen) atoms. The molecule has 5 nitrogen and oxygen atoms in total. The molecule has 7 heteroatoms. The second kappa shape index (κ2) is 8.14. The first-order chi connectivity index (χ1) is 13.6. The molecule has 2 aromatic rings. The van der Waals surface area contributed by atoms with E-state index in [1.54, 1.807) is 0 Å². The quantitative estimate of drug-likeness (QED) is 0.870. The third-order valence-electron chi connectivity index (χ3n) is 5.23. The largest absolute Gasteiger partial charge is 0.378 e. The van der Waals surface area contributed by atoms with Crippen LogP contribution in [-0.2, 0) is 4.74 Å². The van der Waals surface area contributed by atoms with Gasteiger partial charge in [-0.25, -0.2) is 8.78 Å². The summed E-state index contributed by atoms with van der Waals surface area (Å²) in [5.74, 6) is -2.46. The molecule has 0 aromatic heterocycles. The fraction of sp³-hybridized carbons (Fsp3) is 0.381. The summed E-state index contributed by atoms with van der Waals surface area (Å²) in [4.78, 5) is 17.1. The van der Waals surface area contributed by atoms with Gasteiger partial charge in [0.15, 0.2) is 11.6 Å². The predicted molar refractivity (Wildman–Crippen MR) is 105 cm³/mol. The van der Waals surface area contributed by atoms with Crippen LogP contribution in [0.3, 0.4) is 0 Å². The van der Waals surface area contributed by atoms with Gasteiger partial charge in [-0.05, 0) is 49.2 Å². The van der Waals surface area contributed by atoms with Crippen molar-refractivity contribution in [1.82, 2.24) is 0 Å². The fourth-order valence-corrected chi connectivity index (χ4v) is 3.71. The van der Waals surface area contributed by atoms with Crippen LogP contribution < -0.4 is 15.1 Å². The maximum absolute atomic E-state index is 13.5. The zero-order chi connectivity index (χ0) is 19.5. The molecule has 0 unspecified atom stereocenters. The summed E-state index contributed by atoms with van der Waals surface area (Å²) in [5.41, 5.74) is 2.72. The summed E-state index contributed by atoms with van der Waals surface area (Å²) in [7, 11) is 0. The van der Waals surface area contributed by atoms with E-state index in [1.807, 2.05) is 12.1 Å². The topological polar surface area (TPSA) is 44.8 Å². The van der Waals surface area contributed by atoms with Crippen molar-refractivity contribution in [1.29, 1.82) is 0 Å². The Hall–Kier alpha value is -2.67. The van der Waals surface area contributed by atoms with E-state index >= 15 is 0 Å². The molecule has 1 N–H and O–H groups in total. The van der Waals surface area contributed by atoms with E-state index in [-0.39, 0.29) is 5.56 Å². The van der Waals surface area contributed by atoms with Crippen LogP contribution >= 0.6 is 0 Å². The summed E-state index contributed by atoms with van der Waals surface area (Å²) < 4.78 is 32.1. The number of amides is 1. The molecule has 1 amide bonds. The number of rotatable bonds is 4. The lowest BCUT2D eigenvalue weighted by Gasteiger charge is -2.30. The molecule has 0 spiro atoms. The van der Waals surface area contributed by atoms with Gasteiger partial charge in [0.05, 0.1) is 24.6 Å². The number of nitrogens with zero attached hydrogens (tertiary/aromatic N) is 2. The van der Waals surface area contributed by atoms with E-state index < -0.39 is 17.5 Å². The van der Waals surface area contributed by atoms with E-state index in [9.17, 15) is 13.6 Å². The average molecular weight is 387 g/mol. The lowest BCUT2D eigenvalue weighted by Crippen LogP contribution is -2.36. The number of carbonyl (C=O) groups excluding carboxylic acids is 1. The Kier molecular flexibility index (Phi) is 5.43. The lowest BCUT2D eigenvalue weighted by atomic mass is 10.1. The summed E-state index contributed by atoms with van der Waals surface area (Å²) >= 11 is 0. The van der Waals surface area contributed by atoms with Crippen molar-refractivity contribution in [2.24, 2.45) is 0 Å². The van der Waals surface area contributed by atoms with Gasteiger partial charge in [0, 0.05) is 37.4 Å². The van der Waals surface area contributed by atoms with Crippen LogP contribution in [0.15, 0.2) is 36.4 Å². The molecule has 2 aliphatic heterocycles. The van der Waals surface area contributed by atoms with E-state index in [1.165, 1.54) is 6.07 Å². The van der Waals surface area contributed by atoms with Gasteiger partial charge in [-0.2, -0.15) is 0 Å². The highest BCUT2D eigenvalue weighted by molar-refractivity contribution is 6.06. The molecule has 2 heterocycles. The van der Waals surface area contributed by atoms with Gasteiger partial charge in [0.25, 0.3) is 5.91 Å². The Labute approximate surface area is 162 Å². The molecule has 2 aromatic carbocycles. The normalized spacial score (nSPS) is 17.1. The Bertz CT molecular complexity index is 863. The third kappa shape index (κ3) is 3.94. The number of anilines is 3. The minimum Gasteiger partial charge on any atom is -0.378 e. The van der Waals surface area contributed by atoms with Crippen LogP contribution in [0.2, 0.25) is 0 Å². The smallest absolute Gasteiger partial charge is 0.255 e. The van der Waals surface area contributed by atoms with Crippen LogP contribution in [0, 0.1) is 11.6 Å². The highest BCUT2D eigenvalue weighted by Crippen LogP contribution is 2.33. The third-order valence-corrected chi connectivity index (χ3v) is 5.23. The number of morpholine rings is 1. The van der Waals surface area contributed by atoms with Gasteiger partial charge in [0.2, 0.25) is 0 Å². The van der Waals surface area contributed by atoms with E-state index in [0.717, 1.165) is 62.5 Å². The molecule has 4 rings (SSSR count). The van der Waals surface area contributed by atoms with Gasteiger partial charge in [-0.1, -0.05) is 0 Å². The Balaban J connectivity index is 1.63. The molecule has 2 aliphatic rings. The summed E-state index contributed by atoms with van der Waals surface area (Å²) in [6.45, 7) is 4.80. The van der Waals surface area contributed by atoms with Gasteiger partial charge in [-0.15, -0.1) is 0 Å². The number of halogens is 2. The molecule has 0 radical (unpaired) electrons. The first kappa shape index (κ1) is 18.7. The molecular weight excluding hydrogens is 364 g/mol. The van der Waals surface area contributed by atoms with Gasteiger partial charge in [-0.3, -0.25) is 4.79 Å². The first-order valence-corrected chi connectivity index (χ1v) is 9.60. The molecule has 2 saturated heterocycles. The van der Waals surface area contributed by atoms with E-state index in [2.05, 4.69) is 21.2 Å². The van der Waals surface area contributed by atoms with Crippen molar-refractivity contribution in [3.63, 3.8) is 0 Å². The van der Waals surface area contributed by atoms with Crippen molar-refractivity contribution < 1.29 is 18.3 Å². The van der Waals surface area contributed by atoms with Gasteiger partial charge >= 0.3 is 0 Å². The molecular formula is C21H23F2N3O2. The average Bonchev–Trinajstić information content (AvgIpc) is 3.25. The molecule has 0 bridgehead atoms. The van der Waals surface area contributed by atoms with Gasteiger partial charge < -0.3 is 19.9 Å². The van der Waals surface area contributed by atoms with E-state index in [0.29, 0.717) is 18.9 Å². The van der Waals surface area contributed by atoms with Crippen LogP contribution in [-0.4, -0.2) is 45.3 Å². The lowest BCUT2D eigenvalue weighted by molar-refractivity contribution is 0.102. The number of ether oxygens (including phenoxy) is 1. The minimum atomic E-state index is -1.03. The van der Waals surface area contributed by atoms with Crippen LogP contribution in [0.4, 0.5) is 25.8 Å². The van der Waals surface area contributed by atoms with Crippen LogP contribution in [0.25, 0.3) is 0 Å². The number of hydrogen-bond acceptors (Lipinski definition) is 4. The highest BCUT2D eigenvalue weighted by Gasteiger charge is 2.20. The predicted octanol–water partition coefficient (Wildman–Crippen LogP) is 3.65. The zero-order valence-corrected chi connectivity index (χ0v) is 15.6. The SMILES string of the molecule is O=C(Nc1cc(N2CCOCC2)ccc1N1CCCC1)c1ccc(F)c(F)c1. The Morgan fingerprint density at radius 3 is 2.36 bits per heavy atom. The maximum Gasteiger partial charge on any atom is 0.255 e. The molecule has 2 fully saturated rings. The van der Waals surface area contributed by atoms with E-state index in [4.69, 9.17) is 4.74 Å². The summed E-state index contributed by atoms with van der Waals surface area (Å²) in [6, 6.07) is 9.22. The molecule has 0 aliphatic carbocycles. The number of nitrogens with one attached hydrogen (secondary N) is 1. The standard InChI is InChI=1S/C21H23F2N3O2/c22-17-5-3-15(13-18(17)23)21(27)24-19-14-16(25-9-11-28-12-10-25)4-6-20(19)26-7-1-2-8-26/h3-6,13-14H,1-2,7-12H2,(H,24,27). The van der Waals surface area contributed by atoms with Crippen molar-refractivity contribution in [2.75, 3.05) is 54.5 Å². The molecule has 0 saturated carbocycles. The van der Waals surface area contributed by atoms with Crippen molar-refractivity contribution in [2.45, 2.75) is 12.8 Å². The zero-order valence-electron chi connectivity index (χ0n) is 15.6. The second-order valence-electron chi connectivity index (χ2n) is 7.08. The monoisotopic (exact) mass is 387 g/mol. The minimum absolute atomic E-state index is 0.0862. The molecule has 0 atom stereocenters. The Morgan fingerprint density at radius 1 is 0.893 bits per heavy atom. The number of benzene rings is 2. The van der Waals surface area contributed by atoms with Crippen LogP contribution in [0.5, 0.6) is 0 Å². The van der Waals surface area contributed by atoms with Crippen molar-refractivity contribution in [3.8, 4) is 0 Å². The van der Waals surface area contributed by atoms with Crippen molar-refractivity contribution >= 4 is 23.0 Å². The van der Waals surface area contributed by atoms with Gasteiger partial charge in [0.1, 0.15) is 0 Å². The van der Waals surface area contributed by atoms with Crippen LogP contribution in [0.1, 0.15) is 23.2 Å². The second-order valence-corrected chi connectivity index (χ2v) is 7.08. The van der Waals surface area contributed by atoms with Crippen molar-refractivity contribution in [3.05, 3.63) is 53.6 Å². The fourth-order valence-electron chi connectivity index (χ4n) is 3.71.